The van der Waals surface area contributed by atoms with Gasteiger partial charge >= 0.3 is 5.97 Å². The Balaban J connectivity index is 1.58. The van der Waals surface area contributed by atoms with Crippen molar-refractivity contribution < 1.29 is 19.2 Å². The number of aliphatic carboxylic acids is 1. The zero-order valence-electron chi connectivity index (χ0n) is 13.5. The minimum atomic E-state index is -0.935. The summed E-state index contributed by atoms with van der Waals surface area (Å²) in [4.78, 5) is 23.6. The number of aromatic nitrogens is 1. The molecule has 126 valence electrons. The van der Waals surface area contributed by atoms with Gasteiger partial charge in [-0.1, -0.05) is 35.0 Å². The van der Waals surface area contributed by atoms with Crippen molar-refractivity contribution in [3.8, 4) is 0 Å². The zero-order chi connectivity index (χ0) is 17.1. The van der Waals surface area contributed by atoms with Crippen LogP contribution in [-0.4, -0.2) is 28.7 Å². The summed E-state index contributed by atoms with van der Waals surface area (Å²) in [6.45, 7) is 2.01. The fourth-order valence-corrected chi connectivity index (χ4v) is 2.63. The molecule has 0 bridgehead atoms. The van der Waals surface area contributed by atoms with Gasteiger partial charge in [-0.05, 0) is 31.7 Å². The third kappa shape index (κ3) is 4.01. The van der Waals surface area contributed by atoms with Crippen LogP contribution in [0.2, 0.25) is 0 Å². The predicted octanol–water partition coefficient (Wildman–Crippen LogP) is 2.53. The van der Waals surface area contributed by atoms with Crippen LogP contribution >= 0.6 is 0 Å². The van der Waals surface area contributed by atoms with Crippen molar-refractivity contribution in [3.63, 3.8) is 0 Å². The van der Waals surface area contributed by atoms with Crippen LogP contribution in [0.5, 0.6) is 0 Å². The highest BCUT2D eigenvalue weighted by atomic mass is 16.5. The maximum Gasteiger partial charge on any atom is 0.308 e. The van der Waals surface area contributed by atoms with Crippen molar-refractivity contribution in [2.75, 3.05) is 6.54 Å². The highest BCUT2D eigenvalue weighted by Gasteiger charge is 2.29. The first-order valence-electron chi connectivity index (χ1n) is 8.06. The van der Waals surface area contributed by atoms with Crippen LogP contribution in [0, 0.1) is 12.8 Å². The van der Waals surface area contributed by atoms with Gasteiger partial charge in [0.05, 0.1) is 5.92 Å². The van der Waals surface area contributed by atoms with E-state index in [1.807, 2.05) is 31.2 Å². The number of carbonyl (C=O) groups excluding carboxylic acids is 1. The maximum absolute atomic E-state index is 12.1. The Kier molecular flexibility index (Phi) is 4.64. The quantitative estimate of drug-likeness (QED) is 0.815. The lowest BCUT2D eigenvalue weighted by Crippen LogP contribution is -2.34. The molecular weight excluding hydrogens is 308 g/mol. The van der Waals surface area contributed by atoms with E-state index in [0.29, 0.717) is 12.3 Å². The van der Waals surface area contributed by atoms with Gasteiger partial charge in [-0.15, -0.1) is 0 Å². The molecule has 0 radical (unpaired) electrons. The molecule has 2 aromatic rings. The molecule has 24 heavy (non-hydrogen) atoms. The molecule has 1 fully saturated rings. The van der Waals surface area contributed by atoms with Gasteiger partial charge in [-0.3, -0.25) is 9.59 Å². The number of carboxylic acid groups (broad SMARTS) is 1. The van der Waals surface area contributed by atoms with E-state index in [2.05, 4.69) is 10.5 Å². The average Bonchev–Trinajstić information content (AvgIpc) is 3.28. The Morgan fingerprint density at radius 3 is 2.83 bits per heavy atom. The van der Waals surface area contributed by atoms with Crippen molar-refractivity contribution in [3.05, 3.63) is 52.9 Å². The number of hydrogen-bond donors (Lipinski definition) is 2. The first kappa shape index (κ1) is 16.2. The molecule has 1 aromatic carbocycles. The second-order valence-electron chi connectivity index (χ2n) is 6.33. The number of rotatable bonds is 7. The number of nitrogens with one attached hydrogen (secondary N) is 1. The number of aryl methyl sites for hydroxylation is 1. The monoisotopic (exact) mass is 328 g/mol. The summed E-state index contributed by atoms with van der Waals surface area (Å²) in [5.41, 5.74) is 2.22. The van der Waals surface area contributed by atoms with Crippen molar-refractivity contribution in [2.24, 2.45) is 5.92 Å². The molecule has 6 heteroatoms. The van der Waals surface area contributed by atoms with E-state index in [-0.39, 0.29) is 12.2 Å². The van der Waals surface area contributed by atoms with Crippen LogP contribution < -0.4 is 5.32 Å². The van der Waals surface area contributed by atoms with Gasteiger partial charge in [-0.25, -0.2) is 0 Å². The van der Waals surface area contributed by atoms with Crippen LogP contribution in [0.25, 0.3) is 0 Å². The van der Waals surface area contributed by atoms with Crippen LogP contribution in [0.4, 0.5) is 0 Å². The lowest BCUT2D eigenvalue weighted by molar-refractivity contribution is -0.141. The molecule has 3 rings (SSSR count). The van der Waals surface area contributed by atoms with Crippen molar-refractivity contribution in [2.45, 2.75) is 32.1 Å². The van der Waals surface area contributed by atoms with E-state index >= 15 is 0 Å². The summed E-state index contributed by atoms with van der Waals surface area (Å²) in [7, 11) is 0. The molecule has 1 aliphatic rings. The Labute approximate surface area is 139 Å². The molecule has 1 atom stereocenters. The van der Waals surface area contributed by atoms with E-state index in [0.717, 1.165) is 29.7 Å². The second kappa shape index (κ2) is 6.86. The van der Waals surface area contributed by atoms with Gasteiger partial charge in [0.1, 0.15) is 5.76 Å². The van der Waals surface area contributed by atoms with Crippen molar-refractivity contribution in [1.29, 1.82) is 0 Å². The van der Waals surface area contributed by atoms with Gasteiger partial charge in [-0.2, -0.15) is 0 Å². The third-order valence-corrected chi connectivity index (χ3v) is 4.16. The summed E-state index contributed by atoms with van der Waals surface area (Å²) in [5, 5.41) is 15.8. The molecule has 1 saturated carbocycles. The van der Waals surface area contributed by atoms with Crippen LogP contribution in [0.15, 0.2) is 34.9 Å². The van der Waals surface area contributed by atoms with E-state index in [1.54, 1.807) is 6.07 Å². The van der Waals surface area contributed by atoms with Crippen LogP contribution in [0.1, 0.15) is 46.1 Å². The molecule has 1 amide bonds. The Hall–Kier alpha value is -2.63. The zero-order valence-corrected chi connectivity index (χ0v) is 13.5. The Morgan fingerprint density at radius 2 is 2.17 bits per heavy atom. The molecule has 1 aromatic heterocycles. The Bertz CT molecular complexity index is 749. The number of hydrogen-bond acceptors (Lipinski definition) is 4. The molecule has 1 aliphatic carbocycles. The normalized spacial score (nSPS) is 15.0. The summed E-state index contributed by atoms with van der Waals surface area (Å²) in [6.07, 6.45) is 2.49. The average molecular weight is 328 g/mol. The molecule has 6 nitrogen and oxygen atoms in total. The summed E-state index contributed by atoms with van der Waals surface area (Å²) in [6, 6.07) is 9.35. The molecule has 1 unspecified atom stereocenters. The van der Waals surface area contributed by atoms with Gasteiger partial charge in [0.25, 0.3) is 5.91 Å². The number of amides is 1. The highest BCUT2D eigenvalue weighted by Crippen LogP contribution is 2.40. The molecule has 0 saturated heterocycles. The fourth-order valence-electron chi connectivity index (χ4n) is 2.63. The number of benzene rings is 1. The first-order valence-corrected chi connectivity index (χ1v) is 8.06. The van der Waals surface area contributed by atoms with E-state index in [9.17, 15) is 14.7 Å². The fraction of sp³-hybridized carbons (Fsp3) is 0.389. The maximum atomic E-state index is 12.1. The third-order valence-electron chi connectivity index (χ3n) is 4.16. The molecular formula is C18H20N2O4. The first-order chi connectivity index (χ1) is 11.5. The summed E-state index contributed by atoms with van der Waals surface area (Å²) >= 11 is 0. The summed E-state index contributed by atoms with van der Waals surface area (Å²) < 4.78 is 5.15. The van der Waals surface area contributed by atoms with E-state index in [1.165, 1.54) is 0 Å². The van der Waals surface area contributed by atoms with Gasteiger partial charge < -0.3 is 14.9 Å². The lowest BCUT2D eigenvalue weighted by atomic mass is 9.98. The van der Waals surface area contributed by atoms with Crippen LogP contribution in [0.3, 0.4) is 0 Å². The topological polar surface area (TPSA) is 92.4 Å². The predicted molar refractivity (Wildman–Crippen MR) is 86.8 cm³/mol. The molecule has 2 N–H and O–H groups in total. The van der Waals surface area contributed by atoms with Gasteiger partial charge in [0, 0.05) is 18.5 Å². The second-order valence-corrected chi connectivity index (χ2v) is 6.33. The largest absolute Gasteiger partial charge is 0.481 e. The lowest BCUT2D eigenvalue weighted by Gasteiger charge is -2.13. The SMILES string of the molecule is Cc1cccc(CC(CNC(=O)c2cc(C3CC3)on2)C(=O)O)c1. The van der Waals surface area contributed by atoms with Crippen LogP contribution in [-0.2, 0) is 11.2 Å². The van der Waals surface area contributed by atoms with E-state index < -0.39 is 17.8 Å². The minimum absolute atomic E-state index is 0.0493. The molecule has 0 spiro atoms. The Morgan fingerprint density at radius 1 is 1.38 bits per heavy atom. The molecule has 0 aliphatic heterocycles. The molecule has 1 heterocycles. The van der Waals surface area contributed by atoms with Crippen molar-refractivity contribution >= 4 is 11.9 Å². The summed E-state index contributed by atoms with van der Waals surface area (Å²) in [5.74, 6) is -0.913. The highest BCUT2D eigenvalue weighted by molar-refractivity contribution is 5.92. The van der Waals surface area contributed by atoms with E-state index in [4.69, 9.17) is 4.52 Å². The number of nitrogens with zero attached hydrogens (tertiary/aromatic N) is 1. The number of carboxylic acids is 1. The minimum Gasteiger partial charge on any atom is -0.481 e. The number of carbonyl (C=O) groups is 2. The van der Waals surface area contributed by atoms with Gasteiger partial charge in [0.15, 0.2) is 5.69 Å². The standard InChI is InChI=1S/C18H20N2O4/c1-11-3-2-4-12(7-11)8-14(18(22)23)10-19-17(21)15-9-16(24-20-15)13-5-6-13/h2-4,7,9,13-14H,5-6,8,10H2,1H3,(H,19,21)(H,22,23). The van der Waals surface area contributed by atoms with Gasteiger partial charge in [0.2, 0.25) is 0 Å². The smallest absolute Gasteiger partial charge is 0.308 e. The van der Waals surface area contributed by atoms with Crippen molar-refractivity contribution in [1.82, 2.24) is 10.5 Å².